The first-order valence-electron chi connectivity index (χ1n) is 5.15. The van der Waals surface area contributed by atoms with Gasteiger partial charge in [-0.3, -0.25) is 0 Å². The lowest BCUT2D eigenvalue weighted by Crippen LogP contribution is -2.36. The Morgan fingerprint density at radius 2 is 2.33 bits per heavy atom. The van der Waals surface area contributed by atoms with Crippen molar-refractivity contribution in [2.45, 2.75) is 44.2 Å². The Balaban J connectivity index is 2.66. The minimum atomic E-state index is -0.892. The highest BCUT2D eigenvalue weighted by atomic mass is 16.3. The van der Waals surface area contributed by atoms with E-state index in [1.54, 1.807) is 12.2 Å². The van der Waals surface area contributed by atoms with E-state index in [0.29, 0.717) is 18.4 Å². The molecule has 1 atom stereocenters. The molecule has 0 aromatic heterocycles. The zero-order valence-electron chi connectivity index (χ0n) is 9.33. The molecule has 0 heterocycles. The minimum absolute atomic E-state index is 0.280. The van der Waals surface area contributed by atoms with Crippen LogP contribution in [0.15, 0.2) is 23.8 Å². The van der Waals surface area contributed by atoms with Gasteiger partial charge in [0.15, 0.2) is 0 Å². The van der Waals surface area contributed by atoms with E-state index < -0.39 is 5.60 Å². The van der Waals surface area contributed by atoms with Gasteiger partial charge in [0.2, 0.25) is 0 Å². The van der Waals surface area contributed by atoms with Crippen molar-refractivity contribution >= 4 is 0 Å². The van der Waals surface area contributed by atoms with Gasteiger partial charge < -0.3 is 10.8 Å². The first-order valence-corrected chi connectivity index (χ1v) is 5.15. The molecule has 0 aliphatic heterocycles. The van der Waals surface area contributed by atoms with Crippen LogP contribution in [-0.2, 0) is 0 Å². The van der Waals surface area contributed by atoms with E-state index in [0.717, 1.165) is 6.42 Å². The number of rotatable bonds is 3. The lowest BCUT2D eigenvalue weighted by molar-refractivity contribution is 0.0747. The van der Waals surface area contributed by atoms with Crippen molar-refractivity contribution < 1.29 is 5.11 Å². The average Bonchev–Trinajstić information content (AvgIpc) is 2.14. The molecule has 0 aromatic carbocycles. The molecular formula is C12H18N2O. The highest BCUT2D eigenvalue weighted by Crippen LogP contribution is 2.27. The fourth-order valence-corrected chi connectivity index (χ4v) is 1.57. The van der Waals surface area contributed by atoms with Crippen LogP contribution in [0.1, 0.15) is 33.1 Å². The summed E-state index contributed by atoms with van der Waals surface area (Å²) in [7, 11) is 0. The Morgan fingerprint density at radius 1 is 1.67 bits per heavy atom. The van der Waals surface area contributed by atoms with Crippen LogP contribution in [0.25, 0.3) is 0 Å². The second-order valence-electron chi connectivity index (χ2n) is 4.91. The maximum atomic E-state index is 10.2. The van der Waals surface area contributed by atoms with Crippen LogP contribution in [0.3, 0.4) is 0 Å². The molecule has 82 valence electrons. The molecule has 0 bridgehead atoms. The molecule has 3 nitrogen and oxygen atoms in total. The molecule has 1 aliphatic rings. The van der Waals surface area contributed by atoms with Gasteiger partial charge in [-0.15, -0.1) is 0 Å². The van der Waals surface area contributed by atoms with Gasteiger partial charge >= 0.3 is 0 Å². The zero-order chi connectivity index (χ0) is 11.5. The first kappa shape index (κ1) is 12.0. The van der Waals surface area contributed by atoms with Crippen molar-refractivity contribution in [2.24, 2.45) is 5.73 Å². The summed E-state index contributed by atoms with van der Waals surface area (Å²) in [5.41, 5.74) is 5.22. The standard InChI is InChI=1S/C12H18N2O/c1-11(2,14)6-7-12(15)5-3-4-10(8-12)9-13/h3-4,8,15H,5-7,14H2,1-2H3. The Kier molecular flexibility index (Phi) is 3.33. The van der Waals surface area contributed by atoms with Crippen LogP contribution in [0.2, 0.25) is 0 Å². The van der Waals surface area contributed by atoms with Crippen LogP contribution in [0.4, 0.5) is 0 Å². The third-order valence-electron chi connectivity index (χ3n) is 2.52. The lowest BCUT2D eigenvalue weighted by Gasteiger charge is -2.29. The van der Waals surface area contributed by atoms with Crippen LogP contribution in [-0.4, -0.2) is 16.2 Å². The number of nitrogens with zero attached hydrogens (tertiary/aromatic N) is 1. The molecule has 1 unspecified atom stereocenters. The number of hydrogen-bond donors (Lipinski definition) is 2. The summed E-state index contributed by atoms with van der Waals surface area (Å²) in [6.45, 7) is 3.87. The molecule has 0 fully saturated rings. The van der Waals surface area contributed by atoms with E-state index in [9.17, 15) is 5.11 Å². The van der Waals surface area contributed by atoms with Gasteiger partial charge in [-0.2, -0.15) is 5.26 Å². The smallest absolute Gasteiger partial charge is 0.0989 e. The van der Waals surface area contributed by atoms with Gasteiger partial charge in [0.25, 0.3) is 0 Å². The molecule has 0 aromatic rings. The van der Waals surface area contributed by atoms with Gasteiger partial charge in [0.05, 0.1) is 17.2 Å². The Bertz CT molecular complexity index is 331. The number of aliphatic hydroxyl groups is 1. The van der Waals surface area contributed by atoms with Crippen molar-refractivity contribution in [3.8, 4) is 6.07 Å². The third kappa shape index (κ3) is 3.86. The van der Waals surface area contributed by atoms with Crippen molar-refractivity contribution in [1.82, 2.24) is 0 Å². The van der Waals surface area contributed by atoms with Crippen LogP contribution >= 0.6 is 0 Å². The summed E-state index contributed by atoms with van der Waals surface area (Å²) in [5, 5.41) is 18.9. The molecule has 1 rings (SSSR count). The number of allylic oxidation sites excluding steroid dienone is 2. The number of nitrogens with two attached hydrogens (primary N) is 1. The molecular weight excluding hydrogens is 188 g/mol. The maximum absolute atomic E-state index is 10.2. The van der Waals surface area contributed by atoms with Crippen molar-refractivity contribution in [3.63, 3.8) is 0 Å². The van der Waals surface area contributed by atoms with Gasteiger partial charge in [-0.1, -0.05) is 6.08 Å². The molecule has 3 heteroatoms. The summed E-state index contributed by atoms with van der Waals surface area (Å²) in [6.07, 6.45) is 7.09. The van der Waals surface area contributed by atoms with Crippen molar-refractivity contribution in [3.05, 3.63) is 23.8 Å². The molecule has 0 amide bonds. The average molecular weight is 206 g/mol. The van der Waals surface area contributed by atoms with Crippen molar-refractivity contribution in [2.75, 3.05) is 0 Å². The molecule has 15 heavy (non-hydrogen) atoms. The summed E-state index contributed by atoms with van der Waals surface area (Å²) >= 11 is 0. The summed E-state index contributed by atoms with van der Waals surface area (Å²) < 4.78 is 0. The molecule has 0 saturated carbocycles. The maximum Gasteiger partial charge on any atom is 0.0989 e. The quantitative estimate of drug-likeness (QED) is 0.737. The molecule has 0 radical (unpaired) electrons. The monoisotopic (exact) mass is 206 g/mol. The fourth-order valence-electron chi connectivity index (χ4n) is 1.57. The second-order valence-corrected chi connectivity index (χ2v) is 4.91. The Hall–Kier alpha value is -1.11. The van der Waals surface area contributed by atoms with Gasteiger partial charge in [0, 0.05) is 5.54 Å². The molecule has 0 spiro atoms. The predicted octanol–water partition coefficient (Wildman–Crippen LogP) is 1.64. The highest BCUT2D eigenvalue weighted by Gasteiger charge is 2.27. The van der Waals surface area contributed by atoms with E-state index in [2.05, 4.69) is 0 Å². The van der Waals surface area contributed by atoms with E-state index in [-0.39, 0.29) is 5.54 Å². The Labute approximate surface area is 90.9 Å². The van der Waals surface area contributed by atoms with Crippen LogP contribution in [0.5, 0.6) is 0 Å². The SMILES string of the molecule is CC(C)(N)CCC1(O)C=C(C#N)C=CC1. The number of nitriles is 1. The second kappa shape index (κ2) is 4.18. The van der Waals surface area contributed by atoms with Crippen LogP contribution in [0, 0.1) is 11.3 Å². The minimum Gasteiger partial charge on any atom is -0.385 e. The van der Waals surface area contributed by atoms with Crippen LogP contribution < -0.4 is 5.73 Å². The fraction of sp³-hybridized carbons (Fsp3) is 0.583. The van der Waals surface area contributed by atoms with E-state index in [1.807, 2.05) is 26.0 Å². The summed E-state index contributed by atoms with van der Waals surface area (Å²) in [5.74, 6) is 0. The Morgan fingerprint density at radius 3 is 2.87 bits per heavy atom. The third-order valence-corrected chi connectivity index (χ3v) is 2.52. The van der Waals surface area contributed by atoms with Gasteiger partial charge in [-0.25, -0.2) is 0 Å². The largest absolute Gasteiger partial charge is 0.385 e. The highest BCUT2D eigenvalue weighted by molar-refractivity contribution is 5.38. The van der Waals surface area contributed by atoms with E-state index >= 15 is 0 Å². The molecule has 1 aliphatic carbocycles. The van der Waals surface area contributed by atoms with E-state index in [1.165, 1.54) is 0 Å². The number of hydrogen-bond acceptors (Lipinski definition) is 3. The normalized spacial score (nSPS) is 25.9. The summed E-state index contributed by atoms with van der Waals surface area (Å²) in [4.78, 5) is 0. The first-order chi connectivity index (χ1) is 6.85. The summed E-state index contributed by atoms with van der Waals surface area (Å²) in [6, 6.07) is 2.04. The van der Waals surface area contributed by atoms with Gasteiger partial charge in [-0.05, 0) is 45.3 Å². The van der Waals surface area contributed by atoms with E-state index in [4.69, 9.17) is 11.0 Å². The molecule has 0 saturated heterocycles. The predicted molar refractivity (Wildman–Crippen MR) is 59.9 cm³/mol. The lowest BCUT2D eigenvalue weighted by atomic mass is 9.84. The zero-order valence-corrected chi connectivity index (χ0v) is 9.33. The molecule has 3 N–H and O–H groups in total. The topological polar surface area (TPSA) is 70.0 Å². The van der Waals surface area contributed by atoms with Gasteiger partial charge in [0.1, 0.15) is 0 Å². The van der Waals surface area contributed by atoms with Crippen molar-refractivity contribution in [1.29, 1.82) is 5.26 Å².